The van der Waals surface area contributed by atoms with Crippen molar-refractivity contribution in [2.45, 2.75) is 19.3 Å². The maximum atomic E-state index is 12.0. The number of ketones is 1. The lowest BCUT2D eigenvalue weighted by Gasteiger charge is -2.11. The molecule has 18 heavy (non-hydrogen) atoms. The van der Waals surface area contributed by atoms with E-state index in [1.807, 2.05) is 12.1 Å². The van der Waals surface area contributed by atoms with Crippen LogP contribution in [-0.2, 0) is 0 Å². The van der Waals surface area contributed by atoms with Crippen molar-refractivity contribution in [3.63, 3.8) is 0 Å². The molecule has 0 radical (unpaired) electrons. The van der Waals surface area contributed by atoms with Gasteiger partial charge in [-0.25, -0.2) is 0 Å². The van der Waals surface area contributed by atoms with Crippen molar-refractivity contribution >= 4 is 17.4 Å². The summed E-state index contributed by atoms with van der Waals surface area (Å²) in [6.07, 6.45) is 0.554. The first-order chi connectivity index (χ1) is 8.65. The zero-order chi connectivity index (χ0) is 12.7. The van der Waals surface area contributed by atoms with Gasteiger partial charge in [0.2, 0.25) is 0 Å². The summed E-state index contributed by atoms with van der Waals surface area (Å²) in [5.41, 5.74) is 4.31. The molecule has 0 saturated heterocycles. The van der Waals surface area contributed by atoms with E-state index < -0.39 is 0 Å². The molecular weight excluding hydrogens is 244 g/mol. The van der Waals surface area contributed by atoms with Crippen LogP contribution >= 0.6 is 11.6 Å². The molecule has 90 valence electrons. The van der Waals surface area contributed by atoms with Crippen molar-refractivity contribution in [2.24, 2.45) is 0 Å². The number of hydrogen-bond donors (Lipinski definition) is 0. The van der Waals surface area contributed by atoms with Crippen LogP contribution in [0.25, 0.3) is 0 Å². The Morgan fingerprint density at radius 1 is 1.11 bits per heavy atom. The summed E-state index contributed by atoms with van der Waals surface area (Å²) in [6, 6.07) is 13.9. The van der Waals surface area contributed by atoms with Crippen molar-refractivity contribution in [1.29, 1.82) is 0 Å². The Morgan fingerprint density at radius 3 is 2.56 bits per heavy atom. The molecule has 0 saturated carbocycles. The van der Waals surface area contributed by atoms with Crippen LogP contribution in [-0.4, -0.2) is 5.78 Å². The quantitative estimate of drug-likeness (QED) is 0.741. The zero-order valence-electron chi connectivity index (χ0n) is 10.1. The fourth-order valence-corrected chi connectivity index (χ4v) is 2.76. The van der Waals surface area contributed by atoms with Crippen LogP contribution in [0.3, 0.4) is 0 Å². The molecule has 2 heteroatoms. The van der Waals surface area contributed by atoms with Gasteiger partial charge in [0.1, 0.15) is 0 Å². The number of hydrogen-bond acceptors (Lipinski definition) is 1. The molecule has 0 bridgehead atoms. The Morgan fingerprint density at radius 2 is 1.83 bits per heavy atom. The van der Waals surface area contributed by atoms with E-state index in [9.17, 15) is 4.79 Å². The number of carbonyl (C=O) groups excluding carboxylic acids is 1. The van der Waals surface area contributed by atoms with Crippen LogP contribution in [0, 0.1) is 6.92 Å². The highest BCUT2D eigenvalue weighted by atomic mass is 35.5. The van der Waals surface area contributed by atoms with Crippen LogP contribution in [0.15, 0.2) is 42.5 Å². The maximum Gasteiger partial charge on any atom is 0.164 e. The van der Waals surface area contributed by atoms with Gasteiger partial charge in [-0.3, -0.25) is 4.79 Å². The van der Waals surface area contributed by atoms with E-state index in [0.717, 1.165) is 11.1 Å². The molecule has 0 fully saturated rings. The van der Waals surface area contributed by atoms with Crippen LogP contribution in [0.4, 0.5) is 0 Å². The number of carbonyl (C=O) groups is 1. The Kier molecular flexibility index (Phi) is 2.71. The van der Waals surface area contributed by atoms with Crippen LogP contribution < -0.4 is 0 Å². The van der Waals surface area contributed by atoms with Crippen LogP contribution in [0.1, 0.15) is 39.4 Å². The minimum atomic E-state index is 0.159. The molecule has 0 heterocycles. The van der Waals surface area contributed by atoms with Crippen molar-refractivity contribution in [3.8, 4) is 0 Å². The molecule has 2 aromatic carbocycles. The fraction of sp³-hybridized carbons (Fsp3) is 0.188. The van der Waals surface area contributed by atoms with E-state index in [1.54, 1.807) is 6.07 Å². The van der Waals surface area contributed by atoms with Gasteiger partial charge in [-0.1, -0.05) is 41.4 Å². The van der Waals surface area contributed by atoms with Crippen LogP contribution in [0.2, 0.25) is 5.02 Å². The molecule has 1 aliphatic rings. The Labute approximate surface area is 111 Å². The highest BCUT2D eigenvalue weighted by Crippen LogP contribution is 2.39. The Hall–Kier alpha value is -1.60. The minimum absolute atomic E-state index is 0.159. The number of Topliss-reactive ketones (excluding diaryl/α,β-unsaturated/α-hetero) is 1. The van der Waals surface area contributed by atoms with Crippen molar-refractivity contribution in [1.82, 2.24) is 0 Å². The Bertz CT molecular complexity index is 613. The number of fused-ring (bicyclic) bond motifs is 1. The molecule has 0 aromatic heterocycles. The summed E-state index contributed by atoms with van der Waals surface area (Å²) in [5.74, 6) is 0.374. The summed E-state index contributed by atoms with van der Waals surface area (Å²) in [5, 5.41) is 0.695. The smallest absolute Gasteiger partial charge is 0.164 e. The molecule has 1 atom stereocenters. The third-order valence-electron chi connectivity index (χ3n) is 3.56. The highest BCUT2D eigenvalue weighted by molar-refractivity contribution is 6.30. The van der Waals surface area contributed by atoms with Gasteiger partial charge in [-0.2, -0.15) is 0 Å². The van der Waals surface area contributed by atoms with Gasteiger partial charge in [-0.15, -0.1) is 0 Å². The topological polar surface area (TPSA) is 17.1 Å². The molecular formula is C16H13ClO. The van der Waals surface area contributed by atoms with Gasteiger partial charge in [-0.05, 0) is 36.2 Å². The molecule has 1 nitrogen and oxygen atoms in total. The van der Waals surface area contributed by atoms with E-state index in [1.165, 1.54) is 11.1 Å². The van der Waals surface area contributed by atoms with E-state index >= 15 is 0 Å². The SMILES string of the molecule is Cc1ccc(C2CC(=O)c3ccc(Cl)cc32)cc1. The maximum absolute atomic E-state index is 12.0. The van der Waals surface area contributed by atoms with Gasteiger partial charge in [0.15, 0.2) is 5.78 Å². The average molecular weight is 257 g/mol. The summed E-state index contributed by atoms with van der Waals surface area (Å²) in [4.78, 5) is 12.0. The molecule has 0 aliphatic heterocycles. The largest absolute Gasteiger partial charge is 0.294 e. The second kappa shape index (κ2) is 4.25. The van der Waals surface area contributed by atoms with E-state index in [4.69, 9.17) is 11.6 Å². The lowest BCUT2D eigenvalue weighted by atomic mass is 9.92. The first-order valence-corrected chi connectivity index (χ1v) is 6.42. The predicted molar refractivity (Wildman–Crippen MR) is 73.4 cm³/mol. The molecule has 0 N–H and O–H groups in total. The predicted octanol–water partition coefficient (Wildman–Crippen LogP) is 4.37. The summed E-state index contributed by atoms with van der Waals surface area (Å²) >= 11 is 6.04. The van der Waals surface area contributed by atoms with Gasteiger partial charge in [0.05, 0.1) is 0 Å². The third-order valence-corrected chi connectivity index (χ3v) is 3.79. The summed E-state index contributed by atoms with van der Waals surface area (Å²) in [6.45, 7) is 2.06. The monoisotopic (exact) mass is 256 g/mol. The molecule has 1 unspecified atom stereocenters. The van der Waals surface area contributed by atoms with E-state index in [0.29, 0.717) is 11.4 Å². The molecule has 3 rings (SSSR count). The van der Waals surface area contributed by atoms with Crippen molar-refractivity contribution in [2.75, 3.05) is 0 Å². The minimum Gasteiger partial charge on any atom is -0.294 e. The van der Waals surface area contributed by atoms with E-state index in [2.05, 4.69) is 31.2 Å². The number of benzene rings is 2. The molecule has 0 spiro atoms. The third kappa shape index (κ3) is 1.85. The van der Waals surface area contributed by atoms with Gasteiger partial charge in [0, 0.05) is 22.9 Å². The lowest BCUT2D eigenvalue weighted by Crippen LogP contribution is -1.96. The first kappa shape index (κ1) is 11.5. The average Bonchev–Trinajstić information content (AvgIpc) is 2.67. The molecule has 0 amide bonds. The van der Waals surface area contributed by atoms with E-state index in [-0.39, 0.29) is 11.7 Å². The lowest BCUT2D eigenvalue weighted by molar-refractivity contribution is 0.0991. The summed E-state index contributed by atoms with van der Waals surface area (Å²) < 4.78 is 0. The normalized spacial score (nSPS) is 17.9. The zero-order valence-corrected chi connectivity index (χ0v) is 10.9. The standard InChI is InChI=1S/C16H13ClO/c1-10-2-4-11(5-3-10)14-9-16(18)13-7-6-12(17)8-15(13)14/h2-8,14H,9H2,1H3. The van der Waals surface area contributed by atoms with Gasteiger partial charge < -0.3 is 0 Å². The Balaban J connectivity index is 2.09. The van der Waals surface area contributed by atoms with Crippen LogP contribution in [0.5, 0.6) is 0 Å². The second-order valence-corrected chi connectivity index (χ2v) is 5.26. The molecule has 2 aromatic rings. The summed E-state index contributed by atoms with van der Waals surface area (Å²) in [7, 11) is 0. The van der Waals surface area contributed by atoms with Crippen molar-refractivity contribution in [3.05, 3.63) is 69.7 Å². The van der Waals surface area contributed by atoms with Crippen molar-refractivity contribution < 1.29 is 4.79 Å². The number of halogens is 1. The highest BCUT2D eigenvalue weighted by Gasteiger charge is 2.30. The van der Waals surface area contributed by atoms with Gasteiger partial charge in [0.25, 0.3) is 0 Å². The number of rotatable bonds is 1. The fourth-order valence-electron chi connectivity index (χ4n) is 2.58. The number of aryl methyl sites for hydroxylation is 1. The second-order valence-electron chi connectivity index (χ2n) is 4.82. The molecule has 1 aliphatic carbocycles. The first-order valence-electron chi connectivity index (χ1n) is 6.04. The van der Waals surface area contributed by atoms with Gasteiger partial charge >= 0.3 is 0 Å².